The van der Waals surface area contributed by atoms with E-state index in [4.69, 9.17) is 11.6 Å². The molecule has 2 aromatic carbocycles. The number of sulfonamides is 1. The largest absolute Gasteiger partial charge is 0.371 e. The van der Waals surface area contributed by atoms with Gasteiger partial charge in [-0.25, -0.2) is 12.7 Å². The minimum atomic E-state index is -3.78. The van der Waals surface area contributed by atoms with Crippen LogP contribution in [0.5, 0.6) is 0 Å². The molecule has 0 spiro atoms. The molecule has 7 nitrogen and oxygen atoms in total. The van der Waals surface area contributed by atoms with Gasteiger partial charge in [0.05, 0.1) is 10.7 Å². The summed E-state index contributed by atoms with van der Waals surface area (Å²) in [6.45, 7) is 2.02. The fraction of sp³-hybridized carbons (Fsp3) is 0.304. The number of pyridine rings is 1. The maximum atomic E-state index is 13.0. The number of anilines is 2. The molecule has 1 aromatic heterocycles. The third-order valence-electron chi connectivity index (χ3n) is 5.69. The minimum absolute atomic E-state index is 0.0655. The Bertz CT molecular complexity index is 1270. The summed E-state index contributed by atoms with van der Waals surface area (Å²) in [5.74, 6) is -0.423. The highest BCUT2D eigenvalue weighted by molar-refractivity contribution is 7.89. The number of carbonyl (C=O) groups is 1. The molecule has 168 valence electrons. The van der Waals surface area contributed by atoms with Gasteiger partial charge in [-0.3, -0.25) is 9.78 Å². The summed E-state index contributed by atoms with van der Waals surface area (Å²) in [4.78, 5) is 19.5. The molecule has 4 rings (SSSR count). The first kappa shape index (κ1) is 22.5. The highest BCUT2D eigenvalue weighted by atomic mass is 35.5. The van der Waals surface area contributed by atoms with Crippen LogP contribution in [0.1, 0.15) is 29.6 Å². The molecular formula is C23H25ClN4O3S. The van der Waals surface area contributed by atoms with Crippen molar-refractivity contribution in [1.29, 1.82) is 0 Å². The average molecular weight is 473 g/mol. The normalized spacial score (nSPS) is 14.7. The molecule has 32 heavy (non-hydrogen) atoms. The Balaban J connectivity index is 1.68. The van der Waals surface area contributed by atoms with Crippen LogP contribution < -0.4 is 10.2 Å². The van der Waals surface area contributed by atoms with Crippen molar-refractivity contribution in [2.75, 3.05) is 37.4 Å². The van der Waals surface area contributed by atoms with Gasteiger partial charge in [-0.1, -0.05) is 11.6 Å². The van der Waals surface area contributed by atoms with Crippen LogP contribution >= 0.6 is 11.6 Å². The molecule has 0 aliphatic carbocycles. The van der Waals surface area contributed by atoms with Crippen LogP contribution in [0.25, 0.3) is 10.8 Å². The van der Waals surface area contributed by atoms with Gasteiger partial charge in [0.2, 0.25) is 10.0 Å². The maximum absolute atomic E-state index is 13.0. The quantitative estimate of drug-likeness (QED) is 0.595. The van der Waals surface area contributed by atoms with Gasteiger partial charge >= 0.3 is 0 Å². The molecule has 1 aliphatic rings. The van der Waals surface area contributed by atoms with Gasteiger partial charge in [0.1, 0.15) is 4.90 Å². The summed E-state index contributed by atoms with van der Waals surface area (Å²) in [5.41, 5.74) is 1.95. The second-order valence-corrected chi connectivity index (χ2v) is 10.5. The molecule has 1 saturated heterocycles. The van der Waals surface area contributed by atoms with Crippen molar-refractivity contribution in [3.8, 4) is 0 Å². The zero-order valence-corrected chi connectivity index (χ0v) is 19.6. The van der Waals surface area contributed by atoms with Crippen LogP contribution in [0.4, 0.5) is 11.4 Å². The Labute approximate surface area is 193 Å². The minimum Gasteiger partial charge on any atom is -0.371 e. The van der Waals surface area contributed by atoms with Gasteiger partial charge in [-0.05, 0) is 55.7 Å². The van der Waals surface area contributed by atoms with Gasteiger partial charge in [0.25, 0.3) is 5.91 Å². The van der Waals surface area contributed by atoms with Crippen LogP contribution in [-0.4, -0.2) is 50.8 Å². The van der Waals surface area contributed by atoms with E-state index in [1.54, 1.807) is 12.4 Å². The van der Waals surface area contributed by atoms with E-state index in [9.17, 15) is 13.2 Å². The van der Waals surface area contributed by atoms with Crippen LogP contribution in [0.2, 0.25) is 5.02 Å². The summed E-state index contributed by atoms with van der Waals surface area (Å²) >= 11 is 6.11. The molecule has 9 heteroatoms. The van der Waals surface area contributed by atoms with E-state index in [0.29, 0.717) is 5.69 Å². The Morgan fingerprint density at radius 1 is 1.06 bits per heavy atom. The standard InChI is InChI=1S/C23H25ClN4O3S/c1-27(2)32(30,31)22-14-16(6-7-19(22)24)23(29)26-20-8-9-21(28-12-4-3-5-13-28)17-10-11-25-15-18(17)20/h6-11,14-15H,3-5,12-13H2,1-2H3,(H,26,29). The Morgan fingerprint density at radius 2 is 1.81 bits per heavy atom. The second-order valence-electron chi connectivity index (χ2n) is 7.99. The molecular weight excluding hydrogens is 448 g/mol. The molecule has 0 radical (unpaired) electrons. The molecule has 3 aromatic rings. The number of hydrogen-bond donors (Lipinski definition) is 1. The number of carbonyl (C=O) groups excluding carboxylic acids is 1. The lowest BCUT2D eigenvalue weighted by atomic mass is 10.0. The first-order valence-corrected chi connectivity index (χ1v) is 12.3. The van der Waals surface area contributed by atoms with E-state index in [2.05, 4.69) is 15.2 Å². The lowest BCUT2D eigenvalue weighted by Crippen LogP contribution is -2.29. The third-order valence-corrected chi connectivity index (χ3v) is 7.99. The zero-order valence-electron chi connectivity index (χ0n) is 18.0. The van der Waals surface area contributed by atoms with Crippen molar-refractivity contribution in [3.63, 3.8) is 0 Å². The number of aromatic nitrogens is 1. The highest BCUT2D eigenvalue weighted by Gasteiger charge is 2.23. The lowest BCUT2D eigenvalue weighted by molar-refractivity contribution is 0.102. The van der Waals surface area contributed by atoms with Gasteiger partial charge in [0.15, 0.2) is 0 Å². The number of benzene rings is 2. The zero-order chi connectivity index (χ0) is 22.9. The van der Waals surface area contributed by atoms with Gasteiger partial charge in [-0.2, -0.15) is 0 Å². The second kappa shape index (κ2) is 9.05. The van der Waals surface area contributed by atoms with Crippen molar-refractivity contribution >= 4 is 49.7 Å². The third kappa shape index (κ3) is 4.30. The van der Waals surface area contributed by atoms with Crippen molar-refractivity contribution in [3.05, 3.63) is 59.4 Å². The first-order valence-electron chi connectivity index (χ1n) is 10.4. The SMILES string of the molecule is CN(C)S(=O)(=O)c1cc(C(=O)Nc2ccc(N3CCCCC3)c3ccncc23)ccc1Cl. The monoisotopic (exact) mass is 472 g/mol. The van der Waals surface area contributed by atoms with Crippen molar-refractivity contribution < 1.29 is 13.2 Å². The topological polar surface area (TPSA) is 82.6 Å². The van der Waals surface area contributed by atoms with E-state index in [1.807, 2.05) is 18.2 Å². The van der Waals surface area contributed by atoms with Crippen LogP contribution in [0.15, 0.2) is 53.7 Å². The molecule has 1 aliphatic heterocycles. The van der Waals surface area contributed by atoms with Crippen molar-refractivity contribution in [2.45, 2.75) is 24.2 Å². The molecule has 1 fully saturated rings. The number of fused-ring (bicyclic) bond motifs is 1. The summed E-state index contributed by atoms with van der Waals surface area (Å²) in [7, 11) is -0.947. The highest BCUT2D eigenvalue weighted by Crippen LogP contribution is 2.34. The van der Waals surface area contributed by atoms with E-state index >= 15 is 0 Å². The van der Waals surface area contributed by atoms with E-state index in [-0.39, 0.29) is 15.5 Å². The number of halogens is 1. The van der Waals surface area contributed by atoms with E-state index in [1.165, 1.54) is 51.6 Å². The van der Waals surface area contributed by atoms with Crippen molar-refractivity contribution in [2.24, 2.45) is 0 Å². The Morgan fingerprint density at radius 3 is 2.53 bits per heavy atom. The number of piperidine rings is 1. The molecule has 0 saturated carbocycles. The molecule has 2 heterocycles. The summed E-state index contributed by atoms with van der Waals surface area (Å²) in [6.07, 6.45) is 7.07. The first-order chi connectivity index (χ1) is 15.3. The Kier molecular flexibility index (Phi) is 6.37. The average Bonchev–Trinajstić information content (AvgIpc) is 2.80. The number of rotatable bonds is 5. The van der Waals surface area contributed by atoms with Gasteiger partial charge in [-0.15, -0.1) is 0 Å². The predicted octanol–water partition coefficient (Wildman–Crippen LogP) is 4.38. The smallest absolute Gasteiger partial charge is 0.255 e. The molecule has 1 amide bonds. The summed E-state index contributed by atoms with van der Waals surface area (Å²) < 4.78 is 26.2. The Hall–Kier alpha value is -2.68. The predicted molar refractivity (Wildman–Crippen MR) is 128 cm³/mol. The molecule has 0 unspecified atom stereocenters. The van der Waals surface area contributed by atoms with Crippen LogP contribution in [-0.2, 0) is 10.0 Å². The van der Waals surface area contributed by atoms with Crippen molar-refractivity contribution in [1.82, 2.24) is 9.29 Å². The fourth-order valence-corrected chi connectivity index (χ4v) is 5.32. The molecule has 0 bridgehead atoms. The number of nitrogens with zero attached hydrogens (tertiary/aromatic N) is 3. The fourth-order valence-electron chi connectivity index (χ4n) is 3.93. The van der Waals surface area contributed by atoms with E-state index < -0.39 is 15.9 Å². The summed E-state index contributed by atoms with van der Waals surface area (Å²) in [5, 5.41) is 4.83. The number of hydrogen-bond acceptors (Lipinski definition) is 5. The number of amides is 1. The summed E-state index contributed by atoms with van der Waals surface area (Å²) in [6, 6.07) is 10.1. The number of nitrogens with one attached hydrogen (secondary N) is 1. The van der Waals surface area contributed by atoms with Gasteiger partial charge < -0.3 is 10.2 Å². The molecule has 0 atom stereocenters. The van der Waals surface area contributed by atoms with Crippen LogP contribution in [0.3, 0.4) is 0 Å². The lowest BCUT2D eigenvalue weighted by Gasteiger charge is -2.30. The van der Waals surface area contributed by atoms with Crippen LogP contribution in [0, 0.1) is 0 Å². The molecule has 1 N–H and O–H groups in total. The van der Waals surface area contributed by atoms with E-state index in [0.717, 1.165) is 33.9 Å². The maximum Gasteiger partial charge on any atom is 0.255 e. The van der Waals surface area contributed by atoms with Gasteiger partial charge in [0, 0.05) is 61.6 Å².